The Kier molecular flexibility index (Phi) is 6.13. The number of guanidine groups is 1. The molecule has 0 aromatic heterocycles. The SMILES string of the molecule is CN=C(NCCN1C(=O)CNC1=O)N1CCN(Cc2cccc3ccccc23)CC1. The number of benzene rings is 2. The summed E-state index contributed by atoms with van der Waals surface area (Å²) in [6, 6.07) is 14.7. The number of amides is 3. The Morgan fingerprint density at radius 2 is 1.83 bits per heavy atom. The summed E-state index contributed by atoms with van der Waals surface area (Å²) in [5, 5.41) is 8.41. The van der Waals surface area contributed by atoms with Crippen LogP contribution in [0.1, 0.15) is 5.56 Å². The molecule has 2 aromatic carbocycles. The Morgan fingerprint density at radius 1 is 1.07 bits per heavy atom. The van der Waals surface area contributed by atoms with E-state index in [9.17, 15) is 9.59 Å². The smallest absolute Gasteiger partial charge is 0.324 e. The topological polar surface area (TPSA) is 80.3 Å². The third kappa shape index (κ3) is 4.38. The fraction of sp³-hybridized carbons (Fsp3) is 0.409. The Bertz CT molecular complexity index is 930. The second-order valence-corrected chi connectivity index (χ2v) is 7.58. The minimum Gasteiger partial charge on any atom is -0.354 e. The number of urea groups is 1. The van der Waals surface area contributed by atoms with Gasteiger partial charge in [-0.15, -0.1) is 0 Å². The second kappa shape index (κ2) is 9.13. The van der Waals surface area contributed by atoms with Crippen molar-refractivity contribution in [2.45, 2.75) is 6.54 Å². The van der Waals surface area contributed by atoms with E-state index in [0.717, 1.165) is 38.7 Å². The van der Waals surface area contributed by atoms with Gasteiger partial charge in [0.05, 0.1) is 6.54 Å². The summed E-state index contributed by atoms with van der Waals surface area (Å²) in [7, 11) is 1.76. The standard InChI is InChI=1S/C22H28N6O2/c1-23-21(24-9-10-28-20(29)15-25-22(28)30)27-13-11-26(12-14-27)16-18-7-4-6-17-5-2-3-8-19(17)18/h2-8H,9-16H2,1H3,(H,23,24)(H,25,30). The van der Waals surface area contributed by atoms with Gasteiger partial charge in [0.1, 0.15) is 0 Å². The quantitative estimate of drug-likeness (QED) is 0.440. The lowest BCUT2D eigenvalue weighted by Gasteiger charge is -2.36. The van der Waals surface area contributed by atoms with Gasteiger partial charge in [-0.2, -0.15) is 0 Å². The van der Waals surface area contributed by atoms with Crippen LogP contribution in [-0.2, 0) is 11.3 Å². The lowest BCUT2D eigenvalue weighted by Crippen LogP contribution is -2.53. The molecule has 2 aliphatic rings. The molecular formula is C22H28N6O2. The second-order valence-electron chi connectivity index (χ2n) is 7.58. The van der Waals surface area contributed by atoms with Crippen LogP contribution in [-0.4, -0.2) is 85.5 Å². The number of carbonyl (C=O) groups excluding carboxylic acids is 2. The molecule has 0 saturated carbocycles. The molecule has 2 aromatic rings. The monoisotopic (exact) mass is 408 g/mol. The number of aliphatic imine (C=N–C) groups is 1. The summed E-state index contributed by atoms with van der Waals surface area (Å²) in [4.78, 5) is 33.6. The first-order valence-corrected chi connectivity index (χ1v) is 10.4. The number of rotatable bonds is 5. The lowest BCUT2D eigenvalue weighted by atomic mass is 10.0. The van der Waals surface area contributed by atoms with E-state index in [0.29, 0.717) is 13.1 Å². The molecule has 0 radical (unpaired) electrons. The van der Waals surface area contributed by atoms with E-state index in [1.165, 1.54) is 21.2 Å². The Balaban J connectivity index is 1.28. The van der Waals surface area contributed by atoms with Crippen LogP contribution < -0.4 is 10.6 Å². The molecule has 2 fully saturated rings. The van der Waals surface area contributed by atoms with Crippen molar-refractivity contribution in [3.05, 3.63) is 48.0 Å². The number of nitrogens with one attached hydrogen (secondary N) is 2. The van der Waals surface area contributed by atoms with Crippen molar-refractivity contribution >= 4 is 28.7 Å². The highest BCUT2D eigenvalue weighted by Gasteiger charge is 2.28. The average molecular weight is 409 g/mol. The molecule has 8 heteroatoms. The van der Waals surface area contributed by atoms with E-state index < -0.39 is 0 Å². The maximum Gasteiger partial charge on any atom is 0.324 e. The number of hydrogen-bond acceptors (Lipinski definition) is 4. The number of carbonyl (C=O) groups is 2. The summed E-state index contributed by atoms with van der Waals surface area (Å²) in [6.45, 7) is 5.53. The minimum atomic E-state index is -0.321. The molecule has 0 bridgehead atoms. The van der Waals surface area contributed by atoms with Crippen molar-refractivity contribution in [2.24, 2.45) is 4.99 Å². The highest BCUT2D eigenvalue weighted by atomic mass is 16.2. The largest absolute Gasteiger partial charge is 0.354 e. The molecule has 2 heterocycles. The van der Waals surface area contributed by atoms with E-state index in [1.54, 1.807) is 7.05 Å². The summed E-state index contributed by atoms with van der Waals surface area (Å²) < 4.78 is 0. The van der Waals surface area contributed by atoms with Gasteiger partial charge < -0.3 is 15.5 Å². The molecule has 2 aliphatic heterocycles. The van der Waals surface area contributed by atoms with Crippen LogP contribution in [0.5, 0.6) is 0 Å². The van der Waals surface area contributed by atoms with E-state index >= 15 is 0 Å². The van der Waals surface area contributed by atoms with Crippen LogP contribution in [0.4, 0.5) is 4.79 Å². The zero-order valence-corrected chi connectivity index (χ0v) is 17.3. The van der Waals surface area contributed by atoms with Gasteiger partial charge in [0.15, 0.2) is 5.96 Å². The van der Waals surface area contributed by atoms with Crippen molar-refractivity contribution in [1.82, 2.24) is 25.3 Å². The van der Waals surface area contributed by atoms with Crippen molar-refractivity contribution in [3.8, 4) is 0 Å². The van der Waals surface area contributed by atoms with Gasteiger partial charge in [-0.3, -0.25) is 19.6 Å². The van der Waals surface area contributed by atoms with E-state index in [4.69, 9.17) is 0 Å². The molecule has 158 valence electrons. The first kappa shape index (κ1) is 20.2. The zero-order chi connectivity index (χ0) is 20.9. The van der Waals surface area contributed by atoms with E-state index in [1.807, 2.05) is 0 Å². The fourth-order valence-electron chi connectivity index (χ4n) is 4.08. The van der Waals surface area contributed by atoms with Crippen molar-refractivity contribution in [3.63, 3.8) is 0 Å². The number of hydrogen-bond donors (Lipinski definition) is 2. The molecule has 2 saturated heterocycles. The van der Waals surface area contributed by atoms with Gasteiger partial charge in [-0.05, 0) is 16.3 Å². The molecule has 0 spiro atoms. The molecule has 0 unspecified atom stereocenters. The van der Waals surface area contributed by atoms with E-state index in [2.05, 4.69) is 67.9 Å². The summed E-state index contributed by atoms with van der Waals surface area (Å²) in [5.41, 5.74) is 1.36. The van der Waals surface area contributed by atoms with Crippen molar-refractivity contribution in [2.75, 3.05) is 52.9 Å². The Hall–Kier alpha value is -3.13. The predicted octanol–water partition coefficient (Wildman–Crippen LogP) is 1.08. The van der Waals surface area contributed by atoms with Crippen LogP contribution in [0.25, 0.3) is 10.8 Å². The van der Waals surface area contributed by atoms with Crippen molar-refractivity contribution < 1.29 is 9.59 Å². The van der Waals surface area contributed by atoms with Crippen LogP contribution >= 0.6 is 0 Å². The normalized spacial score (nSPS) is 18.2. The van der Waals surface area contributed by atoms with Gasteiger partial charge in [0.2, 0.25) is 5.91 Å². The third-order valence-corrected chi connectivity index (χ3v) is 5.71. The molecule has 4 rings (SSSR count). The van der Waals surface area contributed by atoms with Crippen LogP contribution in [0.2, 0.25) is 0 Å². The highest BCUT2D eigenvalue weighted by Crippen LogP contribution is 2.20. The molecule has 0 aliphatic carbocycles. The molecule has 8 nitrogen and oxygen atoms in total. The number of fused-ring (bicyclic) bond motifs is 1. The van der Waals surface area contributed by atoms with Crippen molar-refractivity contribution in [1.29, 1.82) is 0 Å². The Morgan fingerprint density at radius 3 is 2.57 bits per heavy atom. The maximum atomic E-state index is 11.7. The van der Waals surface area contributed by atoms with Gasteiger partial charge in [-0.1, -0.05) is 42.5 Å². The van der Waals surface area contributed by atoms with Gasteiger partial charge >= 0.3 is 6.03 Å². The van der Waals surface area contributed by atoms with E-state index in [-0.39, 0.29) is 18.5 Å². The summed E-state index contributed by atoms with van der Waals surface area (Å²) in [5.74, 6) is 0.630. The first-order valence-electron chi connectivity index (χ1n) is 10.4. The summed E-state index contributed by atoms with van der Waals surface area (Å²) >= 11 is 0. The van der Waals surface area contributed by atoms with Gasteiger partial charge in [0.25, 0.3) is 0 Å². The van der Waals surface area contributed by atoms with Crippen LogP contribution in [0.3, 0.4) is 0 Å². The molecule has 0 atom stereocenters. The molecule has 30 heavy (non-hydrogen) atoms. The lowest BCUT2D eigenvalue weighted by molar-refractivity contribution is -0.124. The fourth-order valence-corrected chi connectivity index (χ4v) is 4.08. The first-order chi connectivity index (χ1) is 14.7. The maximum absolute atomic E-state index is 11.7. The Labute approximate surface area is 176 Å². The summed E-state index contributed by atoms with van der Waals surface area (Å²) in [6.07, 6.45) is 0. The van der Waals surface area contributed by atoms with Crippen LogP contribution in [0, 0.1) is 0 Å². The predicted molar refractivity (Wildman–Crippen MR) is 117 cm³/mol. The zero-order valence-electron chi connectivity index (χ0n) is 17.3. The molecule has 2 N–H and O–H groups in total. The number of imide groups is 1. The number of nitrogens with zero attached hydrogens (tertiary/aromatic N) is 4. The van der Waals surface area contributed by atoms with Gasteiger partial charge in [0, 0.05) is 52.9 Å². The van der Waals surface area contributed by atoms with Gasteiger partial charge in [-0.25, -0.2) is 4.79 Å². The minimum absolute atomic E-state index is 0.0895. The van der Waals surface area contributed by atoms with Crippen LogP contribution in [0.15, 0.2) is 47.5 Å². The average Bonchev–Trinajstić information content (AvgIpc) is 3.10. The molecular weight excluding hydrogens is 380 g/mol. The highest BCUT2D eigenvalue weighted by molar-refractivity contribution is 6.02. The molecule has 3 amide bonds. The number of piperazine rings is 1. The third-order valence-electron chi connectivity index (χ3n) is 5.71.